The van der Waals surface area contributed by atoms with E-state index in [4.69, 9.17) is 0 Å². The van der Waals surface area contributed by atoms with Crippen molar-refractivity contribution in [3.05, 3.63) is 59.0 Å². The molecule has 1 aliphatic heterocycles. The standard InChI is InChI=1S/C22H27N5O3S/c1-16(2)27-21(28)12-11-20(25-27)26-14-4-3-9-18(26)15-24-31(29,30)19-10-5-7-17-8-6-13-23-22(17)19/h5-8,10-13,16,18,24H,3-4,9,14-15H2,1-2H3. The second-order valence-electron chi connectivity index (χ2n) is 8.09. The number of nitrogens with zero attached hydrogens (tertiary/aromatic N) is 4. The summed E-state index contributed by atoms with van der Waals surface area (Å²) in [4.78, 5) is 18.6. The van der Waals surface area contributed by atoms with E-state index < -0.39 is 10.0 Å². The van der Waals surface area contributed by atoms with Crippen LogP contribution in [0.3, 0.4) is 0 Å². The summed E-state index contributed by atoms with van der Waals surface area (Å²) in [5, 5.41) is 5.31. The SMILES string of the molecule is CC(C)n1nc(N2CCCCC2CNS(=O)(=O)c2cccc3cccnc23)ccc1=O. The van der Waals surface area contributed by atoms with Crippen LogP contribution in [0.5, 0.6) is 0 Å². The Morgan fingerprint density at radius 2 is 1.94 bits per heavy atom. The highest BCUT2D eigenvalue weighted by atomic mass is 32.2. The fourth-order valence-corrected chi connectivity index (χ4v) is 5.28. The lowest BCUT2D eigenvalue weighted by molar-refractivity contribution is 0.437. The van der Waals surface area contributed by atoms with Crippen LogP contribution in [0.25, 0.3) is 10.9 Å². The summed E-state index contributed by atoms with van der Waals surface area (Å²) in [5.41, 5.74) is 0.320. The first-order chi connectivity index (χ1) is 14.9. The molecule has 0 saturated carbocycles. The molecule has 0 radical (unpaired) electrons. The highest BCUT2D eigenvalue weighted by molar-refractivity contribution is 7.89. The fourth-order valence-electron chi connectivity index (χ4n) is 4.03. The third-order valence-corrected chi connectivity index (χ3v) is 7.07. The Morgan fingerprint density at radius 3 is 2.74 bits per heavy atom. The van der Waals surface area contributed by atoms with Gasteiger partial charge >= 0.3 is 0 Å². The van der Waals surface area contributed by atoms with Crippen molar-refractivity contribution in [1.82, 2.24) is 19.5 Å². The van der Waals surface area contributed by atoms with Gasteiger partial charge in [0.25, 0.3) is 5.56 Å². The summed E-state index contributed by atoms with van der Waals surface area (Å²) in [6.07, 6.45) is 4.46. The number of para-hydroxylation sites is 1. The Hall–Kier alpha value is -2.78. The van der Waals surface area contributed by atoms with Crippen LogP contribution in [0, 0.1) is 0 Å². The topological polar surface area (TPSA) is 97.2 Å². The number of benzene rings is 1. The number of hydrogen-bond acceptors (Lipinski definition) is 6. The van der Waals surface area contributed by atoms with Crippen LogP contribution >= 0.6 is 0 Å². The lowest BCUT2D eigenvalue weighted by Gasteiger charge is -2.36. The number of aromatic nitrogens is 3. The molecule has 2 aromatic heterocycles. The first kappa shape index (κ1) is 21.5. The van der Waals surface area contributed by atoms with E-state index in [2.05, 4.69) is 19.7 Å². The molecule has 1 N–H and O–H groups in total. The van der Waals surface area contributed by atoms with E-state index >= 15 is 0 Å². The Labute approximate surface area is 182 Å². The van der Waals surface area contributed by atoms with Gasteiger partial charge in [-0.05, 0) is 51.3 Å². The average molecular weight is 442 g/mol. The van der Waals surface area contributed by atoms with Gasteiger partial charge in [-0.15, -0.1) is 0 Å². The van der Waals surface area contributed by atoms with Crippen molar-refractivity contribution in [3.63, 3.8) is 0 Å². The second-order valence-corrected chi connectivity index (χ2v) is 9.83. The maximum atomic E-state index is 13.1. The molecule has 4 rings (SSSR count). The molecule has 1 atom stereocenters. The van der Waals surface area contributed by atoms with E-state index in [-0.39, 0.29) is 29.1 Å². The van der Waals surface area contributed by atoms with Crippen molar-refractivity contribution < 1.29 is 8.42 Å². The first-order valence-electron chi connectivity index (χ1n) is 10.6. The highest BCUT2D eigenvalue weighted by Gasteiger charge is 2.27. The summed E-state index contributed by atoms with van der Waals surface area (Å²) in [7, 11) is -3.73. The molecule has 1 unspecified atom stereocenters. The highest BCUT2D eigenvalue weighted by Crippen LogP contribution is 2.24. The van der Waals surface area contributed by atoms with Crippen LogP contribution in [0.2, 0.25) is 0 Å². The Bertz CT molecular complexity index is 1230. The molecule has 3 aromatic rings. The number of sulfonamides is 1. The molecule has 3 heterocycles. The molecule has 9 heteroatoms. The maximum Gasteiger partial charge on any atom is 0.267 e. The molecule has 0 amide bonds. The Morgan fingerprint density at radius 1 is 1.13 bits per heavy atom. The van der Waals surface area contributed by atoms with Crippen LogP contribution in [0.4, 0.5) is 5.82 Å². The van der Waals surface area contributed by atoms with Crippen molar-refractivity contribution >= 4 is 26.7 Å². The lowest BCUT2D eigenvalue weighted by atomic mass is 10.0. The third-order valence-electron chi connectivity index (χ3n) is 5.62. The summed E-state index contributed by atoms with van der Waals surface area (Å²) in [6, 6.07) is 11.9. The minimum atomic E-state index is -3.73. The van der Waals surface area contributed by atoms with Crippen molar-refractivity contribution in [1.29, 1.82) is 0 Å². The molecule has 0 bridgehead atoms. The molecule has 1 saturated heterocycles. The molecule has 164 valence electrons. The van der Waals surface area contributed by atoms with Crippen molar-refractivity contribution in [2.24, 2.45) is 0 Å². The summed E-state index contributed by atoms with van der Waals surface area (Å²) in [5.74, 6) is 0.698. The molecular formula is C22H27N5O3S. The summed E-state index contributed by atoms with van der Waals surface area (Å²) >= 11 is 0. The molecule has 1 aromatic carbocycles. The predicted octanol–water partition coefficient (Wildman–Crippen LogP) is 2.71. The average Bonchev–Trinajstić information content (AvgIpc) is 2.78. The van der Waals surface area contributed by atoms with Gasteiger partial charge in [0.2, 0.25) is 10.0 Å². The van der Waals surface area contributed by atoms with E-state index in [1.165, 1.54) is 10.7 Å². The van der Waals surface area contributed by atoms with Gasteiger partial charge in [-0.1, -0.05) is 18.2 Å². The van der Waals surface area contributed by atoms with Crippen molar-refractivity contribution in [3.8, 4) is 0 Å². The molecule has 8 nitrogen and oxygen atoms in total. The zero-order valence-electron chi connectivity index (χ0n) is 17.7. The number of pyridine rings is 1. The Kier molecular flexibility index (Phi) is 6.06. The van der Waals surface area contributed by atoms with Gasteiger partial charge in [-0.3, -0.25) is 9.78 Å². The van der Waals surface area contributed by atoms with Crippen LogP contribution in [0.15, 0.2) is 58.4 Å². The summed E-state index contributed by atoms with van der Waals surface area (Å²) < 4.78 is 30.4. The number of nitrogens with one attached hydrogen (secondary N) is 1. The van der Waals surface area contributed by atoms with E-state index in [0.29, 0.717) is 11.3 Å². The van der Waals surface area contributed by atoms with Gasteiger partial charge < -0.3 is 4.90 Å². The number of hydrogen-bond donors (Lipinski definition) is 1. The van der Waals surface area contributed by atoms with Gasteiger partial charge in [0, 0.05) is 36.8 Å². The summed E-state index contributed by atoms with van der Waals surface area (Å²) in [6.45, 7) is 4.86. The van der Waals surface area contributed by atoms with Gasteiger partial charge in [-0.2, -0.15) is 5.10 Å². The second kappa shape index (κ2) is 8.76. The molecule has 0 aliphatic carbocycles. The van der Waals surface area contributed by atoms with Gasteiger partial charge in [0.1, 0.15) is 10.7 Å². The van der Waals surface area contributed by atoms with E-state index in [0.717, 1.165) is 31.2 Å². The van der Waals surface area contributed by atoms with E-state index in [9.17, 15) is 13.2 Å². The molecule has 1 aliphatic rings. The van der Waals surface area contributed by atoms with Crippen molar-refractivity contribution in [2.45, 2.75) is 50.1 Å². The van der Waals surface area contributed by atoms with Gasteiger partial charge in [0.15, 0.2) is 0 Å². The maximum absolute atomic E-state index is 13.1. The van der Waals surface area contributed by atoms with E-state index in [1.54, 1.807) is 30.5 Å². The fraction of sp³-hybridized carbons (Fsp3) is 0.409. The minimum absolute atomic E-state index is 0.0444. The lowest BCUT2D eigenvalue weighted by Crippen LogP contribution is -2.47. The number of piperidine rings is 1. The number of fused-ring (bicyclic) bond motifs is 1. The van der Waals surface area contributed by atoms with Crippen LogP contribution in [-0.4, -0.2) is 42.3 Å². The quantitative estimate of drug-likeness (QED) is 0.632. The number of anilines is 1. The zero-order chi connectivity index (χ0) is 22.0. The third kappa shape index (κ3) is 4.47. The van der Waals surface area contributed by atoms with Crippen LogP contribution < -0.4 is 15.2 Å². The normalized spacial score (nSPS) is 17.4. The van der Waals surface area contributed by atoms with Crippen molar-refractivity contribution in [2.75, 3.05) is 18.0 Å². The molecular weight excluding hydrogens is 414 g/mol. The van der Waals surface area contributed by atoms with Gasteiger partial charge in [-0.25, -0.2) is 17.8 Å². The minimum Gasteiger partial charge on any atom is -0.351 e. The predicted molar refractivity (Wildman–Crippen MR) is 121 cm³/mol. The zero-order valence-corrected chi connectivity index (χ0v) is 18.5. The largest absolute Gasteiger partial charge is 0.351 e. The molecule has 0 spiro atoms. The molecule has 1 fully saturated rings. The smallest absolute Gasteiger partial charge is 0.267 e. The van der Waals surface area contributed by atoms with Gasteiger partial charge in [0.05, 0.1) is 11.6 Å². The monoisotopic (exact) mass is 441 g/mol. The molecule has 31 heavy (non-hydrogen) atoms. The number of rotatable bonds is 6. The Balaban J connectivity index is 1.58. The first-order valence-corrected chi connectivity index (χ1v) is 12.0. The van der Waals surface area contributed by atoms with E-state index in [1.807, 2.05) is 26.0 Å². The van der Waals surface area contributed by atoms with Crippen LogP contribution in [-0.2, 0) is 10.0 Å². The van der Waals surface area contributed by atoms with Crippen LogP contribution in [0.1, 0.15) is 39.2 Å².